The fourth-order valence-electron chi connectivity index (χ4n) is 3.33. The zero-order valence-corrected chi connectivity index (χ0v) is 18.3. The van der Waals surface area contributed by atoms with Crippen LogP contribution in [0, 0.1) is 0 Å². The summed E-state index contributed by atoms with van der Waals surface area (Å²) in [7, 11) is -3.79. The van der Waals surface area contributed by atoms with E-state index in [9.17, 15) is 13.2 Å². The minimum Gasteiger partial charge on any atom is -0.383 e. The first kappa shape index (κ1) is 22.1. The van der Waals surface area contributed by atoms with Crippen molar-refractivity contribution in [1.29, 1.82) is 0 Å². The van der Waals surface area contributed by atoms with E-state index in [2.05, 4.69) is 26.4 Å². The van der Waals surface area contributed by atoms with Crippen molar-refractivity contribution in [3.05, 3.63) is 78.6 Å². The van der Waals surface area contributed by atoms with Crippen molar-refractivity contribution in [2.24, 2.45) is 5.73 Å². The van der Waals surface area contributed by atoms with Crippen LogP contribution in [0.3, 0.4) is 0 Å². The third kappa shape index (κ3) is 4.45. The van der Waals surface area contributed by atoms with Crippen LogP contribution >= 0.6 is 0 Å². The standard InChI is InChI=1S/C22H21N7O3S/c1-14(15-5-3-2-4-6-15)33(31,32)27-11-12-29-22-18(20(23)25-13-26-22)19(28-29)16-7-9-17(10-8-16)21(24)30/h2-10,13,27H,1,11-12H2,(H2,24,30)(H2,23,25,26). The fraction of sp³-hybridized carbons (Fsp3) is 0.0909. The number of nitrogens with two attached hydrogens (primary N) is 2. The first-order chi connectivity index (χ1) is 15.8. The van der Waals surface area contributed by atoms with E-state index in [1.807, 2.05) is 0 Å². The highest BCUT2D eigenvalue weighted by atomic mass is 32.2. The van der Waals surface area contributed by atoms with Crippen molar-refractivity contribution >= 4 is 37.7 Å². The molecule has 33 heavy (non-hydrogen) atoms. The maximum atomic E-state index is 12.6. The minimum atomic E-state index is -3.79. The minimum absolute atomic E-state index is 0.0183. The normalized spacial score (nSPS) is 11.5. The van der Waals surface area contributed by atoms with E-state index in [-0.39, 0.29) is 23.8 Å². The number of aromatic nitrogens is 4. The molecule has 0 spiro atoms. The Morgan fingerprint density at radius 2 is 1.73 bits per heavy atom. The molecule has 0 unspecified atom stereocenters. The predicted octanol–water partition coefficient (Wildman–Crippen LogP) is 1.76. The van der Waals surface area contributed by atoms with E-state index < -0.39 is 15.9 Å². The zero-order chi connectivity index (χ0) is 23.6. The second-order valence-corrected chi connectivity index (χ2v) is 8.95. The zero-order valence-electron chi connectivity index (χ0n) is 17.5. The summed E-state index contributed by atoms with van der Waals surface area (Å²) in [5.41, 5.74) is 13.9. The van der Waals surface area contributed by atoms with E-state index in [1.54, 1.807) is 59.3 Å². The Morgan fingerprint density at radius 3 is 2.39 bits per heavy atom. The number of nitrogens with one attached hydrogen (secondary N) is 1. The molecular formula is C22H21N7O3S. The number of rotatable bonds is 8. The largest absolute Gasteiger partial charge is 0.383 e. The number of anilines is 1. The third-order valence-electron chi connectivity index (χ3n) is 5.04. The van der Waals surface area contributed by atoms with Crippen LogP contribution in [0.2, 0.25) is 0 Å². The Morgan fingerprint density at radius 1 is 1.03 bits per heavy atom. The van der Waals surface area contributed by atoms with Crippen LogP contribution in [0.4, 0.5) is 5.82 Å². The average molecular weight is 464 g/mol. The Labute approximate surface area is 190 Å². The van der Waals surface area contributed by atoms with Gasteiger partial charge in [0.15, 0.2) is 5.65 Å². The number of fused-ring (bicyclic) bond motifs is 1. The topological polar surface area (TPSA) is 159 Å². The van der Waals surface area contributed by atoms with Crippen molar-refractivity contribution in [2.75, 3.05) is 12.3 Å². The van der Waals surface area contributed by atoms with Gasteiger partial charge in [0.1, 0.15) is 17.8 Å². The average Bonchev–Trinajstić information content (AvgIpc) is 3.19. The molecule has 168 valence electrons. The second kappa shape index (κ2) is 8.81. The molecule has 4 aromatic rings. The summed E-state index contributed by atoms with van der Waals surface area (Å²) in [4.78, 5) is 19.7. The molecule has 0 fully saturated rings. The molecule has 0 saturated heterocycles. The molecule has 0 radical (unpaired) electrons. The number of primary amides is 1. The van der Waals surface area contributed by atoms with E-state index >= 15 is 0 Å². The number of nitrogen functional groups attached to an aromatic ring is 1. The number of benzene rings is 2. The first-order valence-electron chi connectivity index (χ1n) is 9.89. The number of amides is 1. The molecule has 0 atom stereocenters. The highest BCUT2D eigenvalue weighted by Gasteiger charge is 2.19. The lowest BCUT2D eigenvalue weighted by Gasteiger charge is -2.10. The number of hydrogen-bond donors (Lipinski definition) is 3. The summed E-state index contributed by atoms with van der Waals surface area (Å²) in [5.74, 6) is -0.303. The molecule has 10 nitrogen and oxygen atoms in total. The first-order valence-corrected chi connectivity index (χ1v) is 11.4. The molecule has 2 aromatic heterocycles. The summed E-state index contributed by atoms with van der Waals surface area (Å²) in [6.45, 7) is 3.94. The van der Waals surface area contributed by atoms with E-state index in [0.29, 0.717) is 33.4 Å². The molecule has 0 saturated carbocycles. The summed E-state index contributed by atoms with van der Waals surface area (Å²) < 4.78 is 29.4. The number of hydrogen-bond acceptors (Lipinski definition) is 7. The van der Waals surface area contributed by atoms with Gasteiger partial charge in [0.05, 0.1) is 16.8 Å². The molecule has 0 aliphatic rings. The molecule has 5 N–H and O–H groups in total. The Bertz CT molecular complexity index is 1450. The number of nitrogens with zero attached hydrogens (tertiary/aromatic N) is 4. The molecule has 1 amide bonds. The molecule has 2 aromatic carbocycles. The molecule has 2 heterocycles. The van der Waals surface area contributed by atoms with Crippen molar-refractivity contribution in [2.45, 2.75) is 6.54 Å². The van der Waals surface area contributed by atoms with Crippen LogP contribution in [0.5, 0.6) is 0 Å². The van der Waals surface area contributed by atoms with Gasteiger partial charge in [0.25, 0.3) is 0 Å². The highest BCUT2D eigenvalue weighted by molar-refractivity contribution is 7.98. The Hall–Kier alpha value is -4.09. The summed E-state index contributed by atoms with van der Waals surface area (Å²) in [6, 6.07) is 15.2. The van der Waals surface area contributed by atoms with Crippen molar-refractivity contribution < 1.29 is 13.2 Å². The number of carbonyl (C=O) groups excluding carboxylic acids is 1. The van der Waals surface area contributed by atoms with Crippen LogP contribution in [-0.2, 0) is 16.6 Å². The lowest BCUT2D eigenvalue weighted by atomic mass is 10.1. The smallest absolute Gasteiger partial charge is 0.248 e. The quantitative estimate of drug-likeness (QED) is 0.359. The predicted molar refractivity (Wildman–Crippen MR) is 126 cm³/mol. The van der Waals surface area contributed by atoms with Gasteiger partial charge in [-0.15, -0.1) is 0 Å². The van der Waals surface area contributed by atoms with Gasteiger partial charge in [-0.3, -0.25) is 4.79 Å². The van der Waals surface area contributed by atoms with Crippen molar-refractivity contribution in [3.63, 3.8) is 0 Å². The Balaban J connectivity index is 1.59. The Kier molecular flexibility index (Phi) is 5.90. The van der Waals surface area contributed by atoms with Crippen LogP contribution in [0.1, 0.15) is 15.9 Å². The number of carbonyl (C=O) groups is 1. The van der Waals surface area contributed by atoms with Gasteiger partial charge in [-0.1, -0.05) is 49.0 Å². The van der Waals surface area contributed by atoms with E-state index in [4.69, 9.17) is 11.5 Å². The van der Waals surface area contributed by atoms with Crippen LogP contribution in [-0.4, -0.2) is 40.6 Å². The van der Waals surface area contributed by atoms with Crippen LogP contribution in [0.25, 0.3) is 27.2 Å². The highest BCUT2D eigenvalue weighted by Crippen LogP contribution is 2.30. The summed E-state index contributed by atoms with van der Waals surface area (Å²) >= 11 is 0. The summed E-state index contributed by atoms with van der Waals surface area (Å²) in [5, 5.41) is 5.11. The molecule has 0 bridgehead atoms. The third-order valence-corrected chi connectivity index (χ3v) is 6.51. The molecular weight excluding hydrogens is 442 g/mol. The van der Waals surface area contributed by atoms with Gasteiger partial charge in [-0.05, 0) is 17.7 Å². The second-order valence-electron chi connectivity index (χ2n) is 7.16. The van der Waals surface area contributed by atoms with E-state index in [0.717, 1.165) is 0 Å². The number of sulfonamides is 1. The van der Waals surface area contributed by atoms with E-state index in [1.165, 1.54) is 6.33 Å². The molecule has 0 aliphatic carbocycles. The SMILES string of the molecule is C=C(c1ccccc1)S(=O)(=O)NCCn1nc(-c2ccc(C(N)=O)cc2)c2c(N)ncnc21. The lowest BCUT2D eigenvalue weighted by Crippen LogP contribution is -2.28. The van der Waals surface area contributed by atoms with Gasteiger partial charge >= 0.3 is 0 Å². The van der Waals surface area contributed by atoms with Gasteiger partial charge in [-0.2, -0.15) is 5.10 Å². The van der Waals surface area contributed by atoms with Gasteiger partial charge < -0.3 is 11.5 Å². The fourth-order valence-corrected chi connectivity index (χ4v) is 4.31. The van der Waals surface area contributed by atoms with Crippen LogP contribution < -0.4 is 16.2 Å². The van der Waals surface area contributed by atoms with Crippen molar-refractivity contribution in [3.8, 4) is 11.3 Å². The summed E-state index contributed by atoms with van der Waals surface area (Å²) in [6.07, 6.45) is 1.32. The van der Waals surface area contributed by atoms with Crippen LogP contribution in [0.15, 0.2) is 67.5 Å². The van der Waals surface area contributed by atoms with Gasteiger partial charge in [0.2, 0.25) is 15.9 Å². The van der Waals surface area contributed by atoms with Crippen molar-refractivity contribution in [1.82, 2.24) is 24.5 Å². The molecule has 11 heteroatoms. The molecule has 0 aliphatic heterocycles. The maximum Gasteiger partial charge on any atom is 0.248 e. The van der Waals surface area contributed by atoms with Gasteiger partial charge in [0, 0.05) is 17.7 Å². The van der Waals surface area contributed by atoms with Gasteiger partial charge in [-0.25, -0.2) is 27.8 Å². The monoisotopic (exact) mass is 463 g/mol. The lowest BCUT2D eigenvalue weighted by molar-refractivity contribution is 0.100. The maximum absolute atomic E-state index is 12.6. The molecule has 4 rings (SSSR count).